The minimum Gasteiger partial charge on any atom is -0.389 e. The summed E-state index contributed by atoms with van der Waals surface area (Å²) in [5.41, 5.74) is 1.15. The Morgan fingerprint density at radius 2 is 1.95 bits per heavy atom. The van der Waals surface area contributed by atoms with Crippen molar-refractivity contribution >= 4 is 11.6 Å². The lowest BCUT2D eigenvalue weighted by molar-refractivity contribution is -0.129. The maximum atomic E-state index is 13.3. The van der Waals surface area contributed by atoms with Crippen molar-refractivity contribution in [2.24, 2.45) is 0 Å². The second-order valence-electron chi connectivity index (χ2n) is 4.80. The zero-order valence-electron chi connectivity index (χ0n) is 12.6. The quantitative estimate of drug-likeness (QED) is 0.870. The summed E-state index contributed by atoms with van der Waals surface area (Å²) < 4.78 is 13.3. The van der Waals surface area contributed by atoms with Crippen LogP contribution in [0.5, 0.6) is 0 Å². The monoisotopic (exact) mass is 282 g/mol. The van der Waals surface area contributed by atoms with Gasteiger partial charge in [0.25, 0.3) is 0 Å². The van der Waals surface area contributed by atoms with Crippen LogP contribution in [0.3, 0.4) is 0 Å². The highest BCUT2D eigenvalue weighted by molar-refractivity contribution is 5.81. The molecule has 0 aromatic heterocycles. The molecule has 5 heteroatoms. The second-order valence-corrected chi connectivity index (χ2v) is 4.80. The molecule has 0 fully saturated rings. The fraction of sp³-hybridized carbons (Fsp3) is 0.533. The van der Waals surface area contributed by atoms with E-state index in [0.29, 0.717) is 24.3 Å². The van der Waals surface area contributed by atoms with Gasteiger partial charge in [-0.2, -0.15) is 0 Å². The Morgan fingerprint density at radius 1 is 1.35 bits per heavy atom. The molecule has 1 N–H and O–H groups in total. The Hall–Kier alpha value is -1.62. The van der Waals surface area contributed by atoms with E-state index < -0.39 is 11.9 Å². The van der Waals surface area contributed by atoms with Gasteiger partial charge < -0.3 is 14.9 Å². The molecule has 20 heavy (non-hydrogen) atoms. The van der Waals surface area contributed by atoms with Crippen LogP contribution < -0.4 is 4.90 Å². The molecule has 1 atom stereocenters. The fourth-order valence-corrected chi connectivity index (χ4v) is 2.17. The van der Waals surface area contributed by atoms with Gasteiger partial charge in [-0.1, -0.05) is 0 Å². The van der Waals surface area contributed by atoms with Crippen molar-refractivity contribution in [3.8, 4) is 0 Å². The van der Waals surface area contributed by atoms with Crippen molar-refractivity contribution in [1.82, 2.24) is 4.90 Å². The van der Waals surface area contributed by atoms with Crippen LogP contribution in [-0.4, -0.2) is 42.6 Å². The van der Waals surface area contributed by atoms with Crippen LogP contribution in [0.2, 0.25) is 0 Å². The molecule has 0 aliphatic heterocycles. The van der Waals surface area contributed by atoms with E-state index in [-0.39, 0.29) is 12.5 Å². The summed E-state index contributed by atoms with van der Waals surface area (Å²) >= 11 is 0. The van der Waals surface area contributed by atoms with Crippen molar-refractivity contribution in [2.45, 2.75) is 26.9 Å². The first-order valence-electron chi connectivity index (χ1n) is 6.87. The number of halogens is 1. The topological polar surface area (TPSA) is 43.8 Å². The summed E-state index contributed by atoms with van der Waals surface area (Å²) in [6.07, 6.45) is -0.785. The normalized spacial score (nSPS) is 12.1. The molecule has 1 aromatic carbocycles. The van der Waals surface area contributed by atoms with Gasteiger partial charge in [0.1, 0.15) is 5.82 Å². The molecule has 0 aliphatic rings. The number of carbonyl (C=O) groups excluding carboxylic acids is 1. The lowest BCUT2D eigenvalue weighted by Gasteiger charge is -2.26. The van der Waals surface area contributed by atoms with Crippen LogP contribution >= 0.6 is 0 Å². The van der Waals surface area contributed by atoms with E-state index in [4.69, 9.17) is 0 Å². The average molecular weight is 282 g/mol. The maximum absolute atomic E-state index is 13.3. The highest BCUT2D eigenvalue weighted by Gasteiger charge is 2.17. The first-order chi connectivity index (χ1) is 9.40. The van der Waals surface area contributed by atoms with E-state index in [0.717, 1.165) is 0 Å². The van der Waals surface area contributed by atoms with Crippen molar-refractivity contribution in [3.63, 3.8) is 0 Å². The third kappa shape index (κ3) is 3.93. The largest absolute Gasteiger partial charge is 0.389 e. The van der Waals surface area contributed by atoms with Crippen molar-refractivity contribution in [2.75, 3.05) is 31.6 Å². The standard InChI is InChI=1S/C15H23FN2O2/c1-5-18(6-2)15(20)10-17(4)14-8-7-12(16)9-13(14)11(3)19/h7-9,11,19H,5-6,10H2,1-4H3/t11-/m1/s1. The molecule has 0 aliphatic carbocycles. The number of rotatable bonds is 6. The molecule has 1 aromatic rings. The van der Waals surface area contributed by atoms with Crippen LogP contribution in [0.25, 0.3) is 0 Å². The average Bonchev–Trinajstić information content (AvgIpc) is 2.39. The first-order valence-corrected chi connectivity index (χ1v) is 6.87. The molecule has 0 heterocycles. The Morgan fingerprint density at radius 3 is 2.45 bits per heavy atom. The van der Waals surface area contributed by atoms with Gasteiger partial charge in [0.2, 0.25) is 5.91 Å². The van der Waals surface area contributed by atoms with Gasteiger partial charge in [0, 0.05) is 31.4 Å². The Bertz CT molecular complexity index is 459. The Labute approximate surface area is 119 Å². The number of aliphatic hydroxyl groups excluding tert-OH is 1. The number of aliphatic hydroxyl groups is 1. The van der Waals surface area contributed by atoms with Gasteiger partial charge >= 0.3 is 0 Å². The number of nitrogens with zero attached hydrogens (tertiary/aromatic N) is 2. The number of anilines is 1. The molecule has 0 unspecified atom stereocenters. The number of benzene rings is 1. The molecule has 0 saturated heterocycles. The van der Waals surface area contributed by atoms with Gasteiger partial charge in [-0.05, 0) is 39.0 Å². The highest BCUT2D eigenvalue weighted by Crippen LogP contribution is 2.26. The summed E-state index contributed by atoms with van der Waals surface area (Å²) in [4.78, 5) is 15.6. The Balaban J connectivity index is 2.92. The second kappa shape index (κ2) is 7.24. The van der Waals surface area contributed by atoms with Gasteiger partial charge in [-0.15, -0.1) is 0 Å². The molecule has 0 radical (unpaired) electrons. The third-order valence-corrected chi connectivity index (χ3v) is 3.34. The summed E-state index contributed by atoms with van der Waals surface area (Å²) in [6.45, 7) is 6.97. The van der Waals surface area contributed by atoms with E-state index in [1.54, 1.807) is 29.8 Å². The highest BCUT2D eigenvalue weighted by atomic mass is 19.1. The molecule has 0 spiro atoms. The van der Waals surface area contributed by atoms with E-state index in [2.05, 4.69) is 0 Å². The van der Waals surface area contributed by atoms with Crippen LogP contribution in [-0.2, 0) is 4.79 Å². The fourth-order valence-electron chi connectivity index (χ4n) is 2.17. The third-order valence-electron chi connectivity index (χ3n) is 3.34. The molecule has 0 bridgehead atoms. The van der Waals surface area contributed by atoms with Gasteiger partial charge in [0.15, 0.2) is 0 Å². The van der Waals surface area contributed by atoms with E-state index in [1.807, 2.05) is 13.8 Å². The van der Waals surface area contributed by atoms with E-state index in [9.17, 15) is 14.3 Å². The summed E-state index contributed by atoms with van der Waals surface area (Å²) in [7, 11) is 1.76. The van der Waals surface area contributed by atoms with Crippen molar-refractivity contribution < 1.29 is 14.3 Å². The number of hydrogen-bond donors (Lipinski definition) is 1. The zero-order valence-corrected chi connectivity index (χ0v) is 12.6. The maximum Gasteiger partial charge on any atom is 0.242 e. The lowest BCUT2D eigenvalue weighted by atomic mass is 10.1. The van der Waals surface area contributed by atoms with Crippen molar-refractivity contribution in [1.29, 1.82) is 0 Å². The number of likely N-dealkylation sites (N-methyl/N-ethyl adjacent to an activating group) is 2. The molecular formula is C15H23FN2O2. The minimum absolute atomic E-state index is 0.0124. The molecule has 4 nitrogen and oxygen atoms in total. The van der Waals surface area contributed by atoms with Crippen LogP contribution in [0.1, 0.15) is 32.4 Å². The molecule has 1 amide bonds. The summed E-state index contributed by atoms with van der Waals surface area (Å²) in [5, 5.41) is 9.72. The summed E-state index contributed by atoms with van der Waals surface area (Å²) in [5.74, 6) is -0.383. The first kappa shape index (κ1) is 16.4. The van der Waals surface area contributed by atoms with Gasteiger partial charge in [0.05, 0.1) is 12.6 Å². The van der Waals surface area contributed by atoms with E-state index in [1.165, 1.54) is 12.1 Å². The number of amides is 1. The van der Waals surface area contributed by atoms with E-state index >= 15 is 0 Å². The summed E-state index contributed by atoms with van der Waals surface area (Å²) in [6, 6.07) is 4.23. The van der Waals surface area contributed by atoms with Crippen LogP contribution in [0, 0.1) is 5.82 Å². The molecular weight excluding hydrogens is 259 g/mol. The van der Waals surface area contributed by atoms with Gasteiger partial charge in [-0.3, -0.25) is 4.79 Å². The van der Waals surface area contributed by atoms with Gasteiger partial charge in [-0.25, -0.2) is 4.39 Å². The van der Waals surface area contributed by atoms with Crippen LogP contribution in [0.15, 0.2) is 18.2 Å². The Kier molecular flexibility index (Phi) is 5.95. The smallest absolute Gasteiger partial charge is 0.242 e. The lowest BCUT2D eigenvalue weighted by Crippen LogP contribution is -2.39. The molecule has 1 rings (SSSR count). The molecule has 112 valence electrons. The number of hydrogen-bond acceptors (Lipinski definition) is 3. The van der Waals surface area contributed by atoms with Crippen molar-refractivity contribution in [3.05, 3.63) is 29.6 Å². The van der Waals surface area contributed by atoms with Crippen LogP contribution in [0.4, 0.5) is 10.1 Å². The zero-order chi connectivity index (χ0) is 15.3. The predicted molar refractivity (Wildman–Crippen MR) is 78.2 cm³/mol. The SMILES string of the molecule is CCN(CC)C(=O)CN(C)c1ccc(F)cc1[C@@H](C)O. The number of carbonyl (C=O) groups is 1. The minimum atomic E-state index is -0.785. The predicted octanol–water partition coefficient (Wildman–Crippen LogP) is 2.18. The molecule has 0 saturated carbocycles.